The van der Waals surface area contributed by atoms with Crippen LogP contribution in [0.2, 0.25) is 0 Å². The second-order valence-electron chi connectivity index (χ2n) is 4.61. The Balaban J connectivity index is 2.30. The molecule has 0 unspecified atom stereocenters. The van der Waals surface area contributed by atoms with Crippen LogP contribution in [0.25, 0.3) is 10.9 Å². The molecular weight excluding hydrogens is 252 g/mol. The molecule has 0 saturated heterocycles. The molecule has 20 heavy (non-hydrogen) atoms. The van der Waals surface area contributed by atoms with E-state index in [-0.39, 0.29) is 5.97 Å². The number of nitrogens with zero attached hydrogens (tertiary/aromatic N) is 1. The summed E-state index contributed by atoms with van der Waals surface area (Å²) in [6.07, 6.45) is 3.07. The van der Waals surface area contributed by atoms with Crippen molar-refractivity contribution in [2.75, 3.05) is 6.61 Å². The number of hydrogen-bond donors (Lipinski definition) is 1. The van der Waals surface area contributed by atoms with E-state index in [0.29, 0.717) is 18.7 Å². The number of aromatic amines is 1. The second kappa shape index (κ2) is 6.76. The maximum Gasteiger partial charge on any atom is 0.355 e. The van der Waals surface area contributed by atoms with Gasteiger partial charge in [-0.05, 0) is 37.8 Å². The van der Waals surface area contributed by atoms with E-state index in [1.54, 1.807) is 6.92 Å². The Bertz CT molecular complexity index is 637. The zero-order valence-corrected chi connectivity index (χ0v) is 11.6. The van der Waals surface area contributed by atoms with Gasteiger partial charge in [0.05, 0.1) is 12.7 Å². The molecule has 0 aliphatic heterocycles. The van der Waals surface area contributed by atoms with Gasteiger partial charge in [0.1, 0.15) is 5.69 Å². The van der Waals surface area contributed by atoms with E-state index in [1.807, 2.05) is 24.3 Å². The van der Waals surface area contributed by atoms with Crippen LogP contribution >= 0.6 is 0 Å². The summed E-state index contributed by atoms with van der Waals surface area (Å²) in [4.78, 5) is 15.2. The first kappa shape index (κ1) is 14.1. The van der Waals surface area contributed by atoms with E-state index < -0.39 is 0 Å². The number of hydrogen-bond acceptors (Lipinski definition) is 3. The van der Waals surface area contributed by atoms with Crippen LogP contribution in [0.4, 0.5) is 0 Å². The fourth-order valence-corrected chi connectivity index (χ4v) is 2.34. The van der Waals surface area contributed by atoms with Gasteiger partial charge in [-0.25, -0.2) is 4.79 Å². The maximum atomic E-state index is 12.0. The normalized spacial score (nSPS) is 10.4. The molecule has 0 atom stereocenters. The first-order chi connectivity index (χ1) is 9.77. The van der Waals surface area contributed by atoms with E-state index in [1.165, 1.54) is 0 Å². The van der Waals surface area contributed by atoms with Crippen LogP contribution in [-0.4, -0.2) is 17.6 Å². The van der Waals surface area contributed by atoms with Crippen LogP contribution in [0.3, 0.4) is 0 Å². The van der Waals surface area contributed by atoms with Crippen molar-refractivity contribution in [3.8, 4) is 6.07 Å². The molecule has 0 aliphatic rings. The van der Waals surface area contributed by atoms with Crippen molar-refractivity contribution >= 4 is 16.9 Å². The molecule has 104 valence electrons. The molecule has 2 aromatic rings. The van der Waals surface area contributed by atoms with Gasteiger partial charge in [-0.15, -0.1) is 0 Å². The number of aromatic nitrogens is 1. The average molecular weight is 270 g/mol. The Kier molecular flexibility index (Phi) is 4.78. The Labute approximate surface area is 118 Å². The van der Waals surface area contributed by atoms with Crippen molar-refractivity contribution < 1.29 is 9.53 Å². The van der Waals surface area contributed by atoms with E-state index in [4.69, 9.17) is 10.00 Å². The number of para-hydroxylation sites is 1. The number of rotatable bonds is 6. The predicted octanol–water partition coefficient (Wildman–Crippen LogP) is 3.58. The highest BCUT2D eigenvalue weighted by Crippen LogP contribution is 2.25. The second-order valence-corrected chi connectivity index (χ2v) is 4.61. The zero-order valence-electron chi connectivity index (χ0n) is 11.6. The smallest absolute Gasteiger partial charge is 0.355 e. The van der Waals surface area contributed by atoms with Gasteiger partial charge in [0.15, 0.2) is 0 Å². The fourth-order valence-electron chi connectivity index (χ4n) is 2.34. The molecule has 1 aromatic heterocycles. The summed E-state index contributed by atoms with van der Waals surface area (Å²) < 4.78 is 5.10. The van der Waals surface area contributed by atoms with E-state index in [2.05, 4.69) is 11.1 Å². The number of H-pyrrole nitrogens is 1. The van der Waals surface area contributed by atoms with Crippen molar-refractivity contribution in [2.45, 2.75) is 32.6 Å². The lowest BCUT2D eigenvalue weighted by molar-refractivity contribution is 0.0519. The lowest BCUT2D eigenvalue weighted by atomic mass is 10.0. The summed E-state index contributed by atoms with van der Waals surface area (Å²) in [7, 11) is 0. The molecule has 1 heterocycles. The Morgan fingerprint density at radius 1 is 1.35 bits per heavy atom. The van der Waals surface area contributed by atoms with Gasteiger partial charge < -0.3 is 9.72 Å². The number of carbonyl (C=O) groups excluding carboxylic acids is 1. The molecule has 0 radical (unpaired) electrons. The third kappa shape index (κ3) is 3.00. The number of benzene rings is 1. The summed E-state index contributed by atoms with van der Waals surface area (Å²) in [5.41, 5.74) is 2.49. The first-order valence-corrected chi connectivity index (χ1v) is 6.91. The number of ether oxygens (including phenoxy) is 1. The van der Waals surface area contributed by atoms with Gasteiger partial charge >= 0.3 is 5.97 Å². The molecule has 0 amide bonds. The van der Waals surface area contributed by atoms with Crippen molar-refractivity contribution in [2.24, 2.45) is 0 Å². The zero-order chi connectivity index (χ0) is 14.4. The molecule has 0 aliphatic carbocycles. The van der Waals surface area contributed by atoms with Crippen molar-refractivity contribution in [1.82, 2.24) is 4.98 Å². The predicted molar refractivity (Wildman–Crippen MR) is 77.4 cm³/mol. The SMILES string of the molecule is CCOC(=O)c1[nH]c2ccccc2c1CCCCC#N. The quantitative estimate of drug-likeness (QED) is 0.644. The molecule has 4 nitrogen and oxygen atoms in total. The van der Waals surface area contributed by atoms with E-state index in [9.17, 15) is 4.79 Å². The minimum Gasteiger partial charge on any atom is -0.461 e. The molecule has 2 rings (SSSR count). The van der Waals surface area contributed by atoms with Gasteiger partial charge in [-0.3, -0.25) is 0 Å². The fraction of sp³-hybridized carbons (Fsp3) is 0.375. The van der Waals surface area contributed by atoms with Crippen molar-refractivity contribution in [1.29, 1.82) is 5.26 Å². The minimum atomic E-state index is -0.306. The molecule has 0 bridgehead atoms. The topological polar surface area (TPSA) is 65.9 Å². The largest absolute Gasteiger partial charge is 0.461 e. The Morgan fingerprint density at radius 3 is 2.90 bits per heavy atom. The van der Waals surface area contributed by atoms with Crippen molar-refractivity contribution in [3.63, 3.8) is 0 Å². The van der Waals surface area contributed by atoms with Crippen LogP contribution in [-0.2, 0) is 11.2 Å². The highest BCUT2D eigenvalue weighted by molar-refractivity contribution is 5.98. The Hall–Kier alpha value is -2.28. The van der Waals surface area contributed by atoms with Gasteiger partial charge in [0.2, 0.25) is 0 Å². The molecule has 1 aromatic carbocycles. The standard InChI is InChI=1S/C16H18N2O2/c1-2-20-16(19)15-13(9-4-3-7-11-17)12-8-5-6-10-14(12)18-15/h5-6,8,10,18H,2-4,7,9H2,1H3. The lowest BCUT2D eigenvalue weighted by Crippen LogP contribution is -2.08. The van der Waals surface area contributed by atoms with Crippen LogP contribution in [0, 0.1) is 11.3 Å². The molecule has 1 N–H and O–H groups in total. The van der Waals surface area contributed by atoms with E-state index >= 15 is 0 Å². The van der Waals surface area contributed by atoms with Gasteiger partial charge in [0.25, 0.3) is 0 Å². The maximum absolute atomic E-state index is 12.0. The van der Waals surface area contributed by atoms with E-state index in [0.717, 1.165) is 35.7 Å². The Morgan fingerprint density at radius 2 is 2.15 bits per heavy atom. The number of carbonyl (C=O) groups is 1. The summed E-state index contributed by atoms with van der Waals surface area (Å²) in [6, 6.07) is 10.0. The summed E-state index contributed by atoms with van der Waals surface area (Å²) in [5.74, 6) is -0.306. The first-order valence-electron chi connectivity index (χ1n) is 6.91. The number of fused-ring (bicyclic) bond motifs is 1. The van der Waals surface area contributed by atoms with Gasteiger partial charge in [0, 0.05) is 17.3 Å². The summed E-state index contributed by atoms with van der Waals surface area (Å²) in [5, 5.41) is 9.64. The third-order valence-corrected chi connectivity index (χ3v) is 3.26. The van der Waals surface area contributed by atoms with Crippen LogP contribution < -0.4 is 0 Å². The van der Waals surface area contributed by atoms with Crippen LogP contribution in [0.1, 0.15) is 42.2 Å². The minimum absolute atomic E-state index is 0.306. The molecule has 0 spiro atoms. The number of nitrogens with one attached hydrogen (secondary N) is 1. The molecule has 0 fully saturated rings. The number of esters is 1. The van der Waals surface area contributed by atoms with Crippen LogP contribution in [0.5, 0.6) is 0 Å². The average Bonchev–Trinajstić information content (AvgIpc) is 2.83. The summed E-state index contributed by atoms with van der Waals surface area (Å²) >= 11 is 0. The van der Waals surface area contributed by atoms with Crippen molar-refractivity contribution in [3.05, 3.63) is 35.5 Å². The highest BCUT2D eigenvalue weighted by Gasteiger charge is 2.17. The molecule has 0 saturated carbocycles. The summed E-state index contributed by atoms with van der Waals surface area (Å²) in [6.45, 7) is 2.16. The molecule has 4 heteroatoms. The lowest BCUT2D eigenvalue weighted by Gasteiger charge is -2.04. The van der Waals surface area contributed by atoms with Gasteiger partial charge in [-0.1, -0.05) is 18.2 Å². The third-order valence-electron chi connectivity index (χ3n) is 3.26. The van der Waals surface area contributed by atoms with Gasteiger partial charge in [-0.2, -0.15) is 5.26 Å². The molecular formula is C16H18N2O2. The number of nitriles is 1. The number of aryl methyl sites for hydroxylation is 1. The monoisotopic (exact) mass is 270 g/mol. The van der Waals surface area contributed by atoms with Crippen LogP contribution in [0.15, 0.2) is 24.3 Å². The highest BCUT2D eigenvalue weighted by atomic mass is 16.5. The number of unbranched alkanes of at least 4 members (excludes halogenated alkanes) is 2.